The number of hydrogen-bond acceptors (Lipinski definition) is 2. The number of anilines is 1. The summed E-state index contributed by atoms with van der Waals surface area (Å²) in [6.45, 7) is 4.51. The number of halogens is 1. The van der Waals surface area contributed by atoms with Gasteiger partial charge in [0.05, 0.1) is 5.69 Å². The molecule has 1 aliphatic rings. The van der Waals surface area contributed by atoms with Crippen molar-refractivity contribution >= 4 is 38.5 Å². The molecule has 106 valence electrons. The third kappa shape index (κ3) is 3.41. The van der Waals surface area contributed by atoms with E-state index in [0.29, 0.717) is 12.2 Å². The molecule has 1 fully saturated rings. The van der Waals surface area contributed by atoms with Gasteiger partial charge in [0.2, 0.25) is 0 Å². The number of nitrogens with zero attached hydrogens (tertiary/aromatic N) is 1. The maximum absolute atomic E-state index is 12.4. The van der Waals surface area contributed by atoms with Gasteiger partial charge in [0.1, 0.15) is 0 Å². The second-order valence-corrected chi connectivity index (χ2v) is 7.76. The highest BCUT2D eigenvalue weighted by Crippen LogP contribution is 2.25. The van der Waals surface area contributed by atoms with Crippen molar-refractivity contribution in [3.63, 3.8) is 0 Å². The average molecular weight is 394 g/mol. The normalized spacial score (nSPS) is 21.3. The maximum Gasteiger partial charge on any atom is 0.301 e. The van der Waals surface area contributed by atoms with Gasteiger partial charge >= 0.3 is 10.2 Å². The van der Waals surface area contributed by atoms with Gasteiger partial charge < -0.3 is 0 Å². The Bertz CT molecular complexity index is 560. The number of piperidine rings is 1. The largest absolute Gasteiger partial charge is 0.301 e. The van der Waals surface area contributed by atoms with Gasteiger partial charge in [0.25, 0.3) is 0 Å². The van der Waals surface area contributed by atoms with Crippen LogP contribution in [-0.2, 0) is 10.2 Å². The second-order valence-electron chi connectivity index (χ2n) is 4.98. The highest BCUT2D eigenvalue weighted by Gasteiger charge is 2.29. The van der Waals surface area contributed by atoms with Gasteiger partial charge in [-0.25, -0.2) is 0 Å². The van der Waals surface area contributed by atoms with Crippen molar-refractivity contribution in [3.05, 3.63) is 27.3 Å². The summed E-state index contributed by atoms with van der Waals surface area (Å²) in [5.41, 5.74) is 1.64. The predicted octanol–water partition coefficient (Wildman–Crippen LogP) is 3.13. The van der Waals surface area contributed by atoms with Crippen LogP contribution in [0.3, 0.4) is 0 Å². The number of rotatable bonds is 3. The van der Waals surface area contributed by atoms with Gasteiger partial charge in [0.15, 0.2) is 0 Å². The van der Waals surface area contributed by atoms with E-state index in [0.717, 1.165) is 28.4 Å². The lowest BCUT2D eigenvalue weighted by Gasteiger charge is -2.32. The molecule has 0 amide bonds. The van der Waals surface area contributed by atoms with E-state index in [2.05, 4.69) is 27.3 Å². The standard InChI is InChI=1S/C13H19IN2O2S/c1-10-6-3-4-9-16(10)19(17,18)15-13-8-5-7-12(14)11(13)2/h5,7-8,10,15H,3-4,6,9H2,1-2H3. The molecule has 1 saturated heterocycles. The molecule has 0 spiro atoms. The Labute approximate surface area is 128 Å². The molecule has 0 bridgehead atoms. The summed E-state index contributed by atoms with van der Waals surface area (Å²) in [7, 11) is -3.44. The lowest BCUT2D eigenvalue weighted by atomic mass is 10.1. The lowest BCUT2D eigenvalue weighted by molar-refractivity contribution is 0.270. The molecular weight excluding hydrogens is 375 g/mol. The summed E-state index contributed by atoms with van der Waals surface area (Å²) in [5.74, 6) is 0. The first-order valence-electron chi connectivity index (χ1n) is 6.46. The summed E-state index contributed by atoms with van der Waals surface area (Å²) in [6, 6.07) is 5.72. The Hall–Kier alpha value is -0.340. The van der Waals surface area contributed by atoms with E-state index < -0.39 is 10.2 Å². The Morgan fingerprint density at radius 3 is 2.79 bits per heavy atom. The van der Waals surface area contributed by atoms with E-state index in [4.69, 9.17) is 0 Å². The van der Waals surface area contributed by atoms with Crippen LogP contribution in [0, 0.1) is 10.5 Å². The van der Waals surface area contributed by atoms with Gasteiger partial charge in [-0.2, -0.15) is 12.7 Å². The van der Waals surface area contributed by atoms with Crippen molar-refractivity contribution < 1.29 is 8.42 Å². The Morgan fingerprint density at radius 2 is 2.11 bits per heavy atom. The van der Waals surface area contributed by atoms with Crippen LogP contribution in [0.4, 0.5) is 5.69 Å². The van der Waals surface area contributed by atoms with Gasteiger partial charge in [-0.3, -0.25) is 4.72 Å². The van der Waals surface area contributed by atoms with Crippen LogP contribution in [0.1, 0.15) is 31.7 Å². The first kappa shape index (κ1) is 15.1. The van der Waals surface area contributed by atoms with Crippen LogP contribution < -0.4 is 4.72 Å². The molecule has 0 radical (unpaired) electrons. The molecule has 1 aliphatic heterocycles. The van der Waals surface area contributed by atoms with Crippen molar-refractivity contribution in [3.8, 4) is 0 Å². The Balaban J connectivity index is 2.23. The molecule has 1 aromatic rings. The molecule has 1 aromatic carbocycles. The summed E-state index contributed by atoms with van der Waals surface area (Å²) in [5, 5.41) is 0. The zero-order chi connectivity index (χ0) is 14.0. The molecule has 1 N–H and O–H groups in total. The third-order valence-electron chi connectivity index (χ3n) is 3.56. The van der Waals surface area contributed by atoms with Crippen LogP contribution in [0.2, 0.25) is 0 Å². The van der Waals surface area contributed by atoms with Crippen LogP contribution >= 0.6 is 22.6 Å². The minimum absolute atomic E-state index is 0.0781. The fraction of sp³-hybridized carbons (Fsp3) is 0.538. The quantitative estimate of drug-likeness (QED) is 0.801. The maximum atomic E-state index is 12.4. The molecular formula is C13H19IN2O2S. The molecule has 1 unspecified atom stereocenters. The third-order valence-corrected chi connectivity index (χ3v) is 6.36. The van der Waals surface area contributed by atoms with E-state index in [-0.39, 0.29) is 6.04 Å². The van der Waals surface area contributed by atoms with Gasteiger partial charge in [-0.15, -0.1) is 0 Å². The van der Waals surface area contributed by atoms with Gasteiger partial charge in [-0.1, -0.05) is 12.5 Å². The Morgan fingerprint density at radius 1 is 1.37 bits per heavy atom. The average Bonchev–Trinajstić information content (AvgIpc) is 2.35. The van der Waals surface area contributed by atoms with E-state index in [9.17, 15) is 8.42 Å². The SMILES string of the molecule is Cc1c(I)cccc1NS(=O)(=O)N1CCCCC1C. The van der Waals surface area contributed by atoms with E-state index in [1.807, 2.05) is 32.0 Å². The van der Waals surface area contributed by atoms with Crippen LogP contribution in [0.15, 0.2) is 18.2 Å². The van der Waals surface area contributed by atoms with Crippen molar-refractivity contribution in [1.82, 2.24) is 4.31 Å². The van der Waals surface area contributed by atoms with E-state index in [1.165, 1.54) is 0 Å². The lowest BCUT2D eigenvalue weighted by Crippen LogP contribution is -2.44. The zero-order valence-corrected chi connectivity index (χ0v) is 14.2. The predicted molar refractivity (Wildman–Crippen MR) is 86.5 cm³/mol. The molecule has 6 heteroatoms. The number of nitrogens with one attached hydrogen (secondary N) is 1. The number of hydrogen-bond donors (Lipinski definition) is 1. The van der Waals surface area contributed by atoms with Crippen molar-refractivity contribution in [1.29, 1.82) is 0 Å². The smallest absolute Gasteiger partial charge is 0.271 e. The fourth-order valence-corrected chi connectivity index (χ4v) is 4.41. The van der Waals surface area contributed by atoms with Gasteiger partial charge in [0, 0.05) is 16.2 Å². The molecule has 1 heterocycles. The van der Waals surface area contributed by atoms with Crippen LogP contribution in [-0.4, -0.2) is 25.3 Å². The van der Waals surface area contributed by atoms with Crippen LogP contribution in [0.5, 0.6) is 0 Å². The minimum Gasteiger partial charge on any atom is -0.271 e. The summed E-state index contributed by atoms with van der Waals surface area (Å²) in [6.07, 6.45) is 2.98. The van der Waals surface area contributed by atoms with Crippen molar-refractivity contribution in [2.75, 3.05) is 11.3 Å². The van der Waals surface area contributed by atoms with Crippen molar-refractivity contribution in [2.24, 2.45) is 0 Å². The first-order valence-corrected chi connectivity index (χ1v) is 8.98. The van der Waals surface area contributed by atoms with Gasteiger partial charge in [-0.05, 0) is 67.0 Å². The molecule has 0 aromatic heterocycles. The molecule has 0 saturated carbocycles. The van der Waals surface area contributed by atoms with Crippen molar-refractivity contribution in [2.45, 2.75) is 39.2 Å². The molecule has 1 atom stereocenters. The zero-order valence-electron chi connectivity index (χ0n) is 11.2. The minimum atomic E-state index is -3.44. The van der Waals surface area contributed by atoms with Crippen LogP contribution in [0.25, 0.3) is 0 Å². The molecule has 4 nitrogen and oxygen atoms in total. The Kier molecular flexibility index (Phi) is 4.73. The molecule has 2 rings (SSSR count). The topological polar surface area (TPSA) is 49.4 Å². The molecule has 19 heavy (non-hydrogen) atoms. The second kappa shape index (κ2) is 5.97. The highest BCUT2D eigenvalue weighted by molar-refractivity contribution is 14.1. The summed E-state index contributed by atoms with van der Waals surface area (Å²) >= 11 is 2.21. The summed E-state index contributed by atoms with van der Waals surface area (Å²) in [4.78, 5) is 0. The number of benzene rings is 1. The fourth-order valence-electron chi connectivity index (χ4n) is 2.34. The van der Waals surface area contributed by atoms with E-state index in [1.54, 1.807) is 4.31 Å². The monoisotopic (exact) mass is 394 g/mol. The first-order chi connectivity index (χ1) is 8.92. The summed E-state index contributed by atoms with van der Waals surface area (Å²) < 4.78 is 30.2. The highest BCUT2D eigenvalue weighted by atomic mass is 127. The molecule has 0 aliphatic carbocycles. The van der Waals surface area contributed by atoms with E-state index >= 15 is 0 Å².